The summed E-state index contributed by atoms with van der Waals surface area (Å²) in [6.45, 7) is 2.68. The van der Waals surface area contributed by atoms with Crippen molar-refractivity contribution in [2.24, 2.45) is 0 Å². The smallest absolute Gasteiger partial charge is 0.305 e. The van der Waals surface area contributed by atoms with E-state index in [2.05, 4.69) is 15.0 Å². The Morgan fingerprint density at radius 1 is 0.972 bits per heavy atom. The molecule has 1 aromatic heterocycles. The standard InChI is InChI=1S/C26H34N4O6/c1-34-21-10-9-19(18-22(21)35-2)11-13-28-26(33)20-6-5-12-27-25(20)30-16-14-29(15-17-30)23(31)7-4-8-24(32)36-3/h5-6,9-10,12,18H,4,7-8,11,13-17H2,1-3H3,(H,28,33). The Kier molecular flexibility index (Phi) is 9.91. The van der Waals surface area contributed by atoms with Crippen LogP contribution in [0.2, 0.25) is 0 Å². The third-order valence-electron chi connectivity index (χ3n) is 6.11. The molecule has 10 heteroatoms. The molecular weight excluding hydrogens is 464 g/mol. The molecule has 1 N–H and O–H groups in total. The molecule has 0 spiro atoms. The minimum atomic E-state index is -0.308. The Morgan fingerprint density at radius 2 is 1.72 bits per heavy atom. The maximum Gasteiger partial charge on any atom is 0.305 e. The highest BCUT2D eigenvalue weighted by molar-refractivity contribution is 5.99. The SMILES string of the molecule is COC(=O)CCCC(=O)N1CCN(c2ncccc2C(=O)NCCc2ccc(OC)c(OC)c2)CC1. The van der Waals surface area contributed by atoms with Gasteiger partial charge < -0.3 is 29.3 Å². The van der Waals surface area contributed by atoms with Gasteiger partial charge in [-0.3, -0.25) is 14.4 Å². The molecule has 1 aliphatic rings. The van der Waals surface area contributed by atoms with E-state index in [9.17, 15) is 14.4 Å². The number of anilines is 1. The number of amides is 2. The molecule has 36 heavy (non-hydrogen) atoms. The molecule has 0 bridgehead atoms. The molecule has 1 aromatic carbocycles. The van der Waals surface area contributed by atoms with E-state index >= 15 is 0 Å². The largest absolute Gasteiger partial charge is 0.493 e. The number of hydrogen-bond donors (Lipinski definition) is 1. The minimum Gasteiger partial charge on any atom is -0.493 e. The van der Waals surface area contributed by atoms with Gasteiger partial charge in [0, 0.05) is 51.8 Å². The number of nitrogens with zero attached hydrogens (tertiary/aromatic N) is 3. The number of ether oxygens (including phenoxy) is 3. The van der Waals surface area contributed by atoms with Gasteiger partial charge in [-0.15, -0.1) is 0 Å². The van der Waals surface area contributed by atoms with Gasteiger partial charge in [0.1, 0.15) is 5.82 Å². The van der Waals surface area contributed by atoms with Gasteiger partial charge in [-0.2, -0.15) is 0 Å². The first-order chi connectivity index (χ1) is 17.5. The summed E-state index contributed by atoms with van der Waals surface area (Å²) in [5.74, 6) is 1.44. The first-order valence-electron chi connectivity index (χ1n) is 12.0. The van der Waals surface area contributed by atoms with E-state index in [0.717, 1.165) is 5.56 Å². The first-order valence-corrected chi connectivity index (χ1v) is 12.0. The van der Waals surface area contributed by atoms with Crippen LogP contribution in [0.5, 0.6) is 11.5 Å². The number of benzene rings is 1. The average molecular weight is 499 g/mol. The fourth-order valence-corrected chi connectivity index (χ4v) is 4.09. The second kappa shape index (κ2) is 13.3. The van der Waals surface area contributed by atoms with Gasteiger partial charge >= 0.3 is 5.97 Å². The predicted octanol–water partition coefficient (Wildman–Crippen LogP) is 2.06. The van der Waals surface area contributed by atoms with Crippen LogP contribution in [0.1, 0.15) is 35.2 Å². The molecule has 2 amide bonds. The van der Waals surface area contributed by atoms with Crippen LogP contribution in [0.4, 0.5) is 5.82 Å². The van der Waals surface area contributed by atoms with Gasteiger partial charge in [0.15, 0.2) is 11.5 Å². The summed E-state index contributed by atoms with van der Waals surface area (Å²) < 4.78 is 15.2. The molecule has 1 fully saturated rings. The molecule has 1 aliphatic heterocycles. The molecule has 2 aromatic rings. The molecular formula is C26H34N4O6. The van der Waals surface area contributed by atoms with E-state index in [-0.39, 0.29) is 24.2 Å². The third kappa shape index (κ3) is 7.10. The molecule has 194 valence electrons. The summed E-state index contributed by atoms with van der Waals surface area (Å²) in [7, 11) is 4.52. The van der Waals surface area contributed by atoms with Crippen LogP contribution in [0.25, 0.3) is 0 Å². The fourth-order valence-electron chi connectivity index (χ4n) is 4.09. The Labute approximate surface area is 211 Å². The van der Waals surface area contributed by atoms with Crippen molar-refractivity contribution in [2.75, 3.05) is 59.0 Å². The van der Waals surface area contributed by atoms with Gasteiger partial charge in [0.25, 0.3) is 5.91 Å². The maximum absolute atomic E-state index is 13.0. The number of rotatable bonds is 11. The highest BCUT2D eigenvalue weighted by Crippen LogP contribution is 2.27. The van der Waals surface area contributed by atoms with Gasteiger partial charge in [-0.1, -0.05) is 6.07 Å². The van der Waals surface area contributed by atoms with Crippen LogP contribution < -0.4 is 19.7 Å². The number of hydrogen-bond acceptors (Lipinski definition) is 8. The zero-order valence-electron chi connectivity index (χ0n) is 21.1. The van der Waals surface area contributed by atoms with Crippen molar-refractivity contribution in [3.63, 3.8) is 0 Å². The number of carbonyl (C=O) groups excluding carboxylic acids is 3. The zero-order chi connectivity index (χ0) is 25.9. The lowest BCUT2D eigenvalue weighted by atomic mass is 10.1. The van der Waals surface area contributed by atoms with Crippen LogP contribution in [-0.2, 0) is 20.7 Å². The molecule has 0 saturated carbocycles. The van der Waals surface area contributed by atoms with Crippen molar-refractivity contribution < 1.29 is 28.6 Å². The van der Waals surface area contributed by atoms with E-state index in [4.69, 9.17) is 9.47 Å². The van der Waals surface area contributed by atoms with E-state index in [0.29, 0.717) is 74.9 Å². The number of pyridine rings is 1. The van der Waals surface area contributed by atoms with E-state index in [1.54, 1.807) is 37.4 Å². The monoisotopic (exact) mass is 498 g/mol. The highest BCUT2D eigenvalue weighted by Gasteiger charge is 2.25. The summed E-state index contributed by atoms with van der Waals surface area (Å²) in [5.41, 5.74) is 1.52. The van der Waals surface area contributed by atoms with Gasteiger partial charge in [0.2, 0.25) is 5.91 Å². The Hall–Kier alpha value is -3.82. The molecule has 0 unspecified atom stereocenters. The molecule has 3 rings (SSSR count). The molecule has 1 saturated heterocycles. The Balaban J connectivity index is 1.52. The number of esters is 1. The van der Waals surface area contributed by atoms with Crippen LogP contribution in [0, 0.1) is 0 Å². The first kappa shape index (κ1) is 26.8. The quantitative estimate of drug-likeness (QED) is 0.469. The number of carbonyl (C=O) groups is 3. The number of piperazine rings is 1. The summed E-state index contributed by atoms with van der Waals surface area (Å²) in [5, 5.41) is 2.98. The summed E-state index contributed by atoms with van der Waals surface area (Å²) in [4.78, 5) is 44.9. The number of aromatic nitrogens is 1. The van der Waals surface area contributed by atoms with Crippen molar-refractivity contribution in [3.05, 3.63) is 47.7 Å². The molecule has 10 nitrogen and oxygen atoms in total. The second-order valence-corrected chi connectivity index (χ2v) is 8.37. The minimum absolute atomic E-state index is 0.0210. The Morgan fingerprint density at radius 3 is 2.42 bits per heavy atom. The van der Waals surface area contributed by atoms with E-state index in [1.165, 1.54) is 7.11 Å². The molecule has 0 atom stereocenters. The normalized spacial score (nSPS) is 13.2. The molecule has 0 radical (unpaired) electrons. The van der Waals surface area contributed by atoms with Crippen molar-refractivity contribution >= 4 is 23.6 Å². The van der Waals surface area contributed by atoms with Gasteiger partial charge in [-0.05, 0) is 42.7 Å². The van der Waals surface area contributed by atoms with Gasteiger partial charge in [0.05, 0.1) is 26.9 Å². The second-order valence-electron chi connectivity index (χ2n) is 8.37. The van der Waals surface area contributed by atoms with Gasteiger partial charge in [-0.25, -0.2) is 4.98 Å². The average Bonchev–Trinajstić information content (AvgIpc) is 2.92. The van der Waals surface area contributed by atoms with Crippen molar-refractivity contribution in [1.82, 2.24) is 15.2 Å². The van der Waals surface area contributed by atoms with E-state index < -0.39 is 0 Å². The lowest BCUT2D eigenvalue weighted by molar-refractivity contribution is -0.140. The van der Waals surface area contributed by atoms with Crippen molar-refractivity contribution in [3.8, 4) is 11.5 Å². The number of nitrogens with one attached hydrogen (secondary N) is 1. The van der Waals surface area contributed by atoms with Crippen LogP contribution in [-0.4, -0.2) is 81.7 Å². The summed E-state index contributed by atoms with van der Waals surface area (Å²) >= 11 is 0. The Bertz CT molecular complexity index is 1050. The maximum atomic E-state index is 13.0. The third-order valence-corrected chi connectivity index (χ3v) is 6.11. The lowest BCUT2D eigenvalue weighted by Gasteiger charge is -2.36. The summed E-state index contributed by atoms with van der Waals surface area (Å²) in [6, 6.07) is 9.20. The van der Waals surface area contributed by atoms with Crippen molar-refractivity contribution in [1.29, 1.82) is 0 Å². The lowest BCUT2D eigenvalue weighted by Crippen LogP contribution is -2.49. The topological polar surface area (TPSA) is 110 Å². The molecule has 2 heterocycles. The molecule has 0 aliphatic carbocycles. The van der Waals surface area contributed by atoms with Crippen LogP contribution in [0.15, 0.2) is 36.5 Å². The summed E-state index contributed by atoms with van der Waals surface area (Å²) in [6.07, 6.45) is 3.32. The van der Waals surface area contributed by atoms with Crippen LogP contribution in [0.3, 0.4) is 0 Å². The highest BCUT2D eigenvalue weighted by atomic mass is 16.5. The zero-order valence-corrected chi connectivity index (χ0v) is 21.1. The van der Waals surface area contributed by atoms with Crippen molar-refractivity contribution in [2.45, 2.75) is 25.7 Å². The van der Waals surface area contributed by atoms with E-state index in [1.807, 2.05) is 23.1 Å². The fraction of sp³-hybridized carbons (Fsp3) is 0.462. The number of methoxy groups -OCH3 is 3. The van der Waals surface area contributed by atoms with Crippen LogP contribution >= 0.6 is 0 Å². The predicted molar refractivity (Wildman–Crippen MR) is 134 cm³/mol.